The number of guanidine groups is 1. The minimum Gasteiger partial charge on any atom is -0.444 e. The first kappa shape index (κ1) is 17.5. The zero-order chi connectivity index (χ0) is 16.8. The summed E-state index contributed by atoms with van der Waals surface area (Å²) in [5.74, 6) is 1.77. The Kier molecular flexibility index (Phi) is 6.15. The van der Waals surface area contributed by atoms with E-state index in [1.165, 1.54) is 12.1 Å². The third-order valence-corrected chi connectivity index (χ3v) is 4.01. The number of nitrogens with one attached hydrogen (secondary N) is 2. The highest BCUT2D eigenvalue weighted by Crippen LogP contribution is 2.18. The monoisotopic (exact) mass is 382 g/mol. The molecule has 1 aromatic heterocycles. The highest BCUT2D eigenvalue weighted by Gasteiger charge is 2.07. The molecule has 124 valence electrons. The molecule has 0 saturated heterocycles. The van der Waals surface area contributed by atoms with E-state index in [4.69, 9.17) is 4.42 Å². The molecule has 0 aliphatic heterocycles. The molecule has 0 bridgehead atoms. The summed E-state index contributed by atoms with van der Waals surface area (Å²) in [5.41, 5.74) is 1.66. The van der Waals surface area contributed by atoms with E-state index in [0.717, 1.165) is 28.0 Å². The maximum atomic E-state index is 13.3. The molecule has 0 spiro atoms. The number of halogens is 2. The molecule has 0 fully saturated rings. The molecular weight excluding hydrogens is 363 g/mol. The van der Waals surface area contributed by atoms with Gasteiger partial charge in [0.15, 0.2) is 5.96 Å². The second-order valence-electron chi connectivity index (χ2n) is 5.03. The third kappa shape index (κ3) is 5.06. The van der Waals surface area contributed by atoms with Crippen molar-refractivity contribution in [2.45, 2.75) is 33.9 Å². The van der Waals surface area contributed by atoms with Gasteiger partial charge in [-0.1, -0.05) is 15.9 Å². The zero-order valence-corrected chi connectivity index (χ0v) is 15.0. The summed E-state index contributed by atoms with van der Waals surface area (Å²) in [6.07, 6.45) is 0. The number of benzene rings is 1. The van der Waals surface area contributed by atoms with Gasteiger partial charge in [0.2, 0.25) is 5.89 Å². The normalized spacial score (nSPS) is 11.6. The Bertz CT molecular complexity index is 680. The summed E-state index contributed by atoms with van der Waals surface area (Å²) >= 11 is 3.40. The van der Waals surface area contributed by atoms with Crippen molar-refractivity contribution in [1.29, 1.82) is 0 Å². The van der Waals surface area contributed by atoms with Gasteiger partial charge < -0.3 is 15.1 Å². The topological polar surface area (TPSA) is 62.5 Å². The number of nitrogens with zero attached hydrogens (tertiary/aromatic N) is 2. The average molecular weight is 383 g/mol. The predicted octanol–water partition coefficient (Wildman–Crippen LogP) is 3.45. The van der Waals surface area contributed by atoms with Gasteiger partial charge in [-0.15, -0.1) is 0 Å². The lowest BCUT2D eigenvalue weighted by Gasteiger charge is -2.10. The van der Waals surface area contributed by atoms with Gasteiger partial charge in [0.1, 0.15) is 11.6 Å². The van der Waals surface area contributed by atoms with Crippen LogP contribution in [0.25, 0.3) is 0 Å². The average Bonchev–Trinajstić information content (AvgIpc) is 2.84. The Labute approximate surface area is 143 Å². The van der Waals surface area contributed by atoms with E-state index in [1.54, 1.807) is 6.07 Å². The molecule has 0 unspecified atom stereocenters. The fourth-order valence-corrected chi connectivity index (χ4v) is 2.32. The lowest BCUT2D eigenvalue weighted by molar-refractivity contribution is 0.463. The Morgan fingerprint density at radius 3 is 2.78 bits per heavy atom. The van der Waals surface area contributed by atoms with Gasteiger partial charge in [0.25, 0.3) is 0 Å². The number of aliphatic imine (C=N–C) groups is 1. The van der Waals surface area contributed by atoms with E-state index in [-0.39, 0.29) is 5.82 Å². The molecule has 1 aromatic carbocycles. The fourth-order valence-electron chi connectivity index (χ4n) is 1.94. The lowest BCUT2D eigenvalue weighted by Crippen LogP contribution is -2.36. The van der Waals surface area contributed by atoms with Crippen LogP contribution < -0.4 is 10.6 Å². The van der Waals surface area contributed by atoms with Crippen LogP contribution in [-0.4, -0.2) is 17.5 Å². The predicted molar refractivity (Wildman–Crippen MR) is 91.7 cm³/mol. The number of aromatic nitrogens is 1. The summed E-state index contributed by atoms with van der Waals surface area (Å²) in [6.45, 7) is 7.28. The lowest BCUT2D eigenvalue weighted by atomic mass is 10.2. The SMILES string of the molecule is CCNC(=NCc1cc(F)ccc1Br)NCc1nc(C)c(C)o1. The number of oxazole rings is 1. The van der Waals surface area contributed by atoms with Crippen molar-refractivity contribution >= 4 is 21.9 Å². The van der Waals surface area contributed by atoms with E-state index in [1.807, 2.05) is 20.8 Å². The molecule has 2 aromatic rings. The van der Waals surface area contributed by atoms with Gasteiger partial charge in [-0.05, 0) is 44.5 Å². The Hall–Kier alpha value is -1.89. The molecule has 7 heteroatoms. The van der Waals surface area contributed by atoms with Crippen molar-refractivity contribution < 1.29 is 8.81 Å². The van der Waals surface area contributed by atoms with Crippen molar-refractivity contribution in [3.63, 3.8) is 0 Å². The van der Waals surface area contributed by atoms with Crippen LogP contribution in [-0.2, 0) is 13.1 Å². The second-order valence-corrected chi connectivity index (χ2v) is 5.89. The summed E-state index contributed by atoms with van der Waals surface area (Å²) < 4.78 is 19.7. The van der Waals surface area contributed by atoms with E-state index in [2.05, 4.69) is 36.5 Å². The molecule has 0 atom stereocenters. The molecule has 2 rings (SSSR count). The minimum absolute atomic E-state index is 0.276. The van der Waals surface area contributed by atoms with E-state index < -0.39 is 0 Å². The number of hydrogen-bond acceptors (Lipinski definition) is 3. The Morgan fingerprint density at radius 2 is 2.13 bits per heavy atom. The largest absolute Gasteiger partial charge is 0.444 e. The van der Waals surface area contributed by atoms with Crippen LogP contribution in [0, 0.1) is 19.7 Å². The molecule has 0 aliphatic rings. The van der Waals surface area contributed by atoms with Gasteiger partial charge in [0.05, 0.1) is 18.8 Å². The molecule has 0 aliphatic carbocycles. The molecule has 1 heterocycles. The van der Waals surface area contributed by atoms with Crippen LogP contribution >= 0.6 is 15.9 Å². The van der Waals surface area contributed by atoms with Crippen LogP contribution in [0.1, 0.15) is 29.8 Å². The van der Waals surface area contributed by atoms with Crippen LogP contribution in [0.15, 0.2) is 32.1 Å². The summed E-state index contributed by atoms with van der Waals surface area (Å²) in [7, 11) is 0. The quantitative estimate of drug-likeness (QED) is 0.613. The van der Waals surface area contributed by atoms with Gasteiger partial charge in [0, 0.05) is 11.0 Å². The second kappa shape index (κ2) is 8.10. The van der Waals surface area contributed by atoms with Gasteiger partial charge in [-0.25, -0.2) is 14.4 Å². The first-order valence-electron chi connectivity index (χ1n) is 7.38. The van der Waals surface area contributed by atoms with Crippen LogP contribution in [0.3, 0.4) is 0 Å². The smallest absolute Gasteiger partial charge is 0.214 e. The summed E-state index contributed by atoms with van der Waals surface area (Å²) in [4.78, 5) is 8.78. The summed E-state index contributed by atoms with van der Waals surface area (Å²) in [5, 5.41) is 6.29. The van der Waals surface area contributed by atoms with E-state index in [0.29, 0.717) is 24.9 Å². The molecular formula is C16H20BrFN4O. The van der Waals surface area contributed by atoms with Crippen molar-refractivity contribution in [3.05, 3.63) is 51.4 Å². The van der Waals surface area contributed by atoms with Gasteiger partial charge in [-0.3, -0.25) is 0 Å². The number of rotatable bonds is 5. The molecule has 23 heavy (non-hydrogen) atoms. The standard InChI is InChI=1S/C16H20BrFN4O/c1-4-19-16(21-9-15-22-10(2)11(3)23-15)20-8-12-7-13(18)5-6-14(12)17/h5-7H,4,8-9H2,1-3H3,(H2,19,20,21). The fraction of sp³-hybridized carbons (Fsp3) is 0.375. The minimum atomic E-state index is -0.276. The van der Waals surface area contributed by atoms with Gasteiger partial charge in [-0.2, -0.15) is 0 Å². The molecule has 0 amide bonds. The molecule has 5 nitrogen and oxygen atoms in total. The van der Waals surface area contributed by atoms with Crippen molar-refractivity contribution in [3.8, 4) is 0 Å². The highest BCUT2D eigenvalue weighted by molar-refractivity contribution is 9.10. The third-order valence-electron chi connectivity index (χ3n) is 3.24. The molecule has 2 N–H and O–H groups in total. The highest BCUT2D eigenvalue weighted by atomic mass is 79.9. The van der Waals surface area contributed by atoms with E-state index in [9.17, 15) is 4.39 Å². The first-order chi connectivity index (χ1) is 11.0. The van der Waals surface area contributed by atoms with Crippen LogP contribution in [0.4, 0.5) is 4.39 Å². The van der Waals surface area contributed by atoms with E-state index >= 15 is 0 Å². The Balaban J connectivity index is 2.03. The molecule has 0 saturated carbocycles. The van der Waals surface area contributed by atoms with Crippen molar-refractivity contribution in [2.24, 2.45) is 4.99 Å². The van der Waals surface area contributed by atoms with Crippen LogP contribution in [0.5, 0.6) is 0 Å². The number of hydrogen-bond donors (Lipinski definition) is 2. The number of aryl methyl sites for hydroxylation is 2. The summed E-state index contributed by atoms with van der Waals surface area (Å²) in [6, 6.07) is 4.56. The first-order valence-corrected chi connectivity index (χ1v) is 8.18. The van der Waals surface area contributed by atoms with Gasteiger partial charge >= 0.3 is 0 Å². The Morgan fingerprint density at radius 1 is 1.35 bits per heavy atom. The van der Waals surface area contributed by atoms with Crippen molar-refractivity contribution in [1.82, 2.24) is 15.6 Å². The maximum absolute atomic E-state index is 13.3. The molecule has 0 radical (unpaired) electrons. The van der Waals surface area contributed by atoms with Crippen molar-refractivity contribution in [2.75, 3.05) is 6.54 Å². The van der Waals surface area contributed by atoms with Crippen LogP contribution in [0.2, 0.25) is 0 Å². The zero-order valence-electron chi connectivity index (χ0n) is 13.4. The maximum Gasteiger partial charge on any atom is 0.214 e.